The third-order valence-electron chi connectivity index (χ3n) is 5.38. The van der Waals surface area contributed by atoms with E-state index in [4.69, 9.17) is 0 Å². The zero-order valence-electron chi connectivity index (χ0n) is 15.3. The molecular weight excluding hydrogens is 304 g/mol. The molecule has 24 heavy (non-hydrogen) atoms. The standard InChI is InChI=1S/C18H30N4O2/c1-18(2,3)16(23)12-21-5-7-22(8-6-21)17(24)15-9-14(15)13-10-19-20(4)11-13/h10-11,14-16,23H,5-9,12H2,1-4H3/t14-,15+,16-/m0/s1. The van der Waals surface area contributed by atoms with Crippen molar-refractivity contribution in [3.8, 4) is 0 Å². The van der Waals surface area contributed by atoms with Gasteiger partial charge in [0.1, 0.15) is 0 Å². The predicted octanol–water partition coefficient (Wildman–Crippen LogP) is 1.07. The van der Waals surface area contributed by atoms with Crippen molar-refractivity contribution in [2.45, 2.75) is 39.2 Å². The van der Waals surface area contributed by atoms with Crippen LogP contribution in [0.5, 0.6) is 0 Å². The molecule has 0 spiro atoms. The number of carbonyl (C=O) groups excluding carboxylic acids is 1. The van der Waals surface area contributed by atoms with Crippen LogP contribution < -0.4 is 0 Å². The maximum atomic E-state index is 12.7. The number of β-amino-alcohol motifs (C(OH)–C–C–N with tert-alkyl or cyclic N) is 1. The van der Waals surface area contributed by atoms with Crippen molar-refractivity contribution in [3.05, 3.63) is 18.0 Å². The number of rotatable bonds is 4. The third kappa shape index (κ3) is 3.81. The molecule has 1 N–H and O–H groups in total. The number of amides is 1. The molecule has 1 aromatic rings. The van der Waals surface area contributed by atoms with E-state index in [2.05, 4.69) is 30.8 Å². The van der Waals surface area contributed by atoms with E-state index >= 15 is 0 Å². The van der Waals surface area contributed by atoms with Crippen molar-refractivity contribution < 1.29 is 9.90 Å². The molecule has 1 saturated carbocycles. The lowest BCUT2D eigenvalue weighted by atomic mass is 9.89. The first-order valence-corrected chi connectivity index (χ1v) is 8.93. The van der Waals surface area contributed by atoms with Gasteiger partial charge in [0.05, 0.1) is 12.3 Å². The third-order valence-corrected chi connectivity index (χ3v) is 5.38. The molecule has 6 heteroatoms. The molecule has 0 aromatic carbocycles. The summed E-state index contributed by atoms with van der Waals surface area (Å²) in [6, 6.07) is 0. The molecular formula is C18H30N4O2. The van der Waals surface area contributed by atoms with E-state index in [1.54, 1.807) is 4.68 Å². The summed E-state index contributed by atoms with van der Waals surface area (Å²) < 4.78 is 1.80. The molecule has 1 aromatic heterocycles. The summed E-state index contributed by atoms with van der Waals surface area (Å²) in [5.41, 5.74) is 1.08. The molecule has 0 unspecified atom stereocenters. The van der Waals surface area contributed by atoms with Crippen LogP contribution in [-0.2, 0) is 11.8 Å². The predicted molar refractivity (Wildman–Crippen MR) is 92.5 cm³/mol. The van der Waals surface area contributed by atoms with Crippen LogP contribution in [0.1, 0.15) is 38.7 Å². The minimum atomic E-state index is -0.335. The van der Waals surface area contributed by atoms with Gasteiger partial charge >= 0.3 is 0 Å². The van der Waals surface area contributed by atoms with Crippen molar-refractivity contribution in [1.29, 1.82) is 0 Å². The van der Waals surface area contributed by atoms with Gasteiger partial charge in [0.15, 0.2) is 0 Å². The number of piperazine rings is 1. The van der Waals surface area contributed by atoms with Crippen molar-refractivity contribution in [3.63, 3.8) is 0 Å². The Morgan fingerprint density at radius 1 is 1.33 bits per heavy atom. The van der Waals surface area contributed by atoms with Gasteiger partial charge in [-0.2, -0.15) is 5.10 Å². The number of hydrogen-bond acceptors (Lipinski definition) is 4. The first-order valence-electron chi connectivity index (χ1n) is 8.93. The summed E-state index contributed by atoms with van der Waals surface area (Å²) in [6.07, 6.45) is 4.51. The van der Waals surface area contributed by atoms with Gasteiger partial charge in [0.25, 0.3) is 0 Å². The van der Waals surface area contributed by atoms with E-state index in [0.29, 0.717) is 18.4 Å². The minimum absolute atomic E-state index is 0.0993. The Morgan fingerprint density at radius 2 is 2.00 bits per heavy atom. The maximum Gasteiger partial charge on any atom is 0.226 e. The van der Waals surface area contributed by atoms with Gasteiger partial charge < -0.3 is 10.0 Å². The molecule has 1 saturated heterocycles. The van der Waals surface area contributed by atoms with E-state index in [9.17, 15) is 9.90 Å². The number of nitrogens with zero attached hydrogens (tertiary/aromatic N) is 4. The number of hydrogen-bond donors (Lipinski definition) is 1. The highest BCUT2D eigenvalue weighted by Gasteiger charge is 2.46. The fourth-order valence-corrected chi connectivity index (χ4v) is 3.37. The molecule has 0 bridgehead atoms. The molecule has 6 nitrogen and oxygen atoms in total. The fourth-order valence-electron chi connectivity index (χ4n) is 3.37. The molecule has 134 valence electrons. The normalized spacial score (nSPS) is 26.5. The van der Waals surface area contributed by atoms with E-state index in [0.717, 1.165) is 32.6 Å². The second-order valence-electron chi connectivity index (χ2n) is 8.40. The number of aliphatic hydroxyl groups excluding tert-OH is 1. The molecule has 3 atom stereocenters. The molecule has 1 aliphatic carbocycles. The fraction of sp³-hybridized carbons (Fsp3) is 0.778. The molecule has 2 fully saturated rings. The monoisotopic (exact) mass is 334 g/mol. The Balaban J connectivity index is 1.46. The van der Waals surface area contributed by atoms with Crippen LogP contribution in [0.3, 0.4) is 0 Å². The van der Waals surface area contributed by atoms with Gasteiger partial charge in [-0.3, -0.25) is 14.4 Å². The van der Waals surface area contributed by atoms with Gasteiger partial charge in [-0.1, -0.05) is 20.8 Å². The largest absolute Gasteiger partial charge is 0.391 e. The van der Waals surface area contributed by atoms with Crippen LogP contribution in [0.25, 0.3) is 0 Å². The SMILES string of the molecule is Cn1cc([C@@H]2C[C@H]2C(=O)N2CCN(C[C@H](O)C(C)(C)C)CC2)cn1. The highest BCUT2D eigenvalue weighted by molar-refractivity contribution is 5.83. The summed E-state index contributed by atoms with van der Waals surface area (Å²) in [5, 5.41) is 14.4. The minimum Gasteiger partial charge on any atom is -0.391 e. The van der Waals surface area contributed by atoms with Crippen molar-refractivity contribution in [1.82, 2.24) is 19.6 Å². The second-order valence-corrected chi connectivity index (χ2v) is 8.40. The van der Waals surface area contributed by atoms with Crippen molar-refractivity contribution in [2.24, 2.45) is 18.4 Å². The van der Waals surface area contributed by atoms with Gasteiger partial charge in [-0.25, -0.2) is 0 Å². The number of aliphatic hydroxyl groups is 1. The Morgan fingerprint density at radius 3 is 2.54 bits per heavy atom. The quantitative estimate of drug-likeness (QED) is 0.895. The topological polar surface area (TPSA) is 61.6 Å². The Hall–Kier alpha value is -1.40. The number of aromatic nitrogens is 2. The lowest BCUT2D eigenvalue weighted by Gasteiger charge is -2.38. The zero-order valence-corrected chi connectivity index (χ0v) is 15.3. The summed E-state index contributed by atoms with van der Waals surface area (Å²) in [4.78, 5) is 16.9. The smallest absolute Gasteiger partial charge is 0.226 e. The first-order chi connectivity index (χ1) is 11.3. The Labute approximate surface area is 144 Å². The molecule has 1 aliphatic heterocycles. The number of aryl methyl sites for hydroxylation is 1. The molecule has 0 radical (unpaired) electrons. The van der Waals surface area contributed by atoms with Crippen LogP contribution in [0, 0.1) is 11.3 Å². The van der Waals surface area contributed by atoms with Crippen molar-refractivity contribution in [2.75, 3.05) is 32.7 Å². The summed E-state index contributed by atoms with van der Waals surface area (Å²) in [6.45, 7) is 10.1. The first kappa shape index (κ1) is 17.4. The molecule has 2 aliphatic rings. The average molecular weight is 334 g/mol. The van der Waals surface area contributed by atoms with Gasteiger partial charge in [-0.15, -0.1) is 0 Å². The van der Waals surface area contributed by atoms with Gasteiger partial charge in [0.2, 0.25) is 5.91 Å². The van der Waals surface area contributed by atoms with Crippen molar-refractivity contribution >= 4 is 5.91 Å². The second kappa shape index (κ2) is 6.48. The van der Waals surface area contributed by atoms with E-state index in [-0.39, 0.29) is 17.4 Å². The highest BCUT2D eigenvalue weighted by atomic mass is 16.3. The summed E-state index contributed by atoms with van der Waals surface area (Å²) >= 11 is 0. The molecule has 3 rings (SSSR count). The van der Waals surface area contributed by atoms with Crippen LogP contribution in [0.15, 0.2) is 12.4 Å². The van der Waals surface area contributed by atoms with Crippen LogP contribution in [0.2, 0.25) is 0 Å². The summed E-state index contributed by atoms with van der Waals surface area (Å²) in [7, 11) is 1.91. The lowest BCUT2D eigenvalue weighted by molar-refractivity contribution is -0.134. The lowest BCUT2D eigenvalue weighted by Crippen LogP contribution is -2.52. The van der Waals surface area contributed by atoms with E-state index < -0.39 is 0 Å². The van der Waals surface area contributed by atoms with Crippen LogP contribution in [0.4, 0.5) is 0 Å². The maximum absolute atomic E-state index is 12.7. The van der Waals surface area contributed by atoms with E-state index in [1.807, 2.05) is 24.3 Å². The van der Waals surface area contributed by atoms with Crippen LogP contribution in [-0.4, -0.2) is 69.4 Å². The number of carbonyl (C=O) groups is 1. The van der Waals surface area contributed by atoms with Gasteiger partial charge in [0, 0.05) is 51.9 Å². The van der Waals surface area contributed by atoms with Gasteiger partial charge in [-0.05, 0) is 23.3 Å². The summed E-state index contributed by atoms with van der Waals surface area (Å²) in [5.74, 6) is 0.785. The highest BCUT2D eigenvalue weighted by Crippen LogP contribution is 2.48. The molecule has 2 heterocycles. The zero-order chi connectivity index (χ0) is 17.5. The Bertz CT molecular complexity index is 584. The van der Waals surface area contributed by atoms with Crippen LogP contribution >= 0.6 is 0 Å². The average Bonchev–Trinajstić information content (AvgIpc) is 3.21. The molecule has 1 amide bonds. The van der Waals surface area contributed by atoms with E-state index in [1.165, 1.54) is 5.56 Å². The Kier molecular flexibility index (Phi) is 4.71.